The first-order valence-corrected chi connectivity index (χ1v) is 13.8. The molecular weight excluding hydrogens is 352 g/mol. The number of aliphatic hydroxyl groups is 1. The van der Waals surface area contributed by atoms with Crippen LogP contribution in [-0.2, 0) is 0 Å². The minimum Gasteiger partial charge on any atom is -0.393 e. The quantitative estimate of drug-likeness (QED) is 0.349. The molecule has 0 amide bonds. The number of aliphatic hydroxyl groups excluding tert-OH is 1. The summed E-state index contributed by atoms with van der Waals surface area (Å²) in [4.78, 5) is 0. The van der Waals surface area contributed by atoms with E-state index in [0.717, 1.165) is 53.8 Å². The van der Waals surface area contributed by atoms with Crippen LogP contribution in [0.3, 0.4) is 0 Å². The minimum absolute atomic E-state index is 0.0131. The lowest BCUT2D eigenvalue weighted by Gasteiger charge is -2.45. The van der Waals surface area contributed by atoms with E-state index >= 15 is 0 Å². The van der Waals surface area contributed by atoms with Crippen molar-refractivity contribution in [3.8, 4) is 0 Å². The molecule has 0 aromatic rings. The fraction of sp³-hybridized carbons (Fsp3) is 1.00. The molecule has 8 unspecified atom stereocenters. The van der Waals surface area contributed by atoms with Gasteiger partial charge in [-0.2, -0.15) is 0 Å². The number of rotatable bonds is 11. The van der Waals surface area contributed by atoms with Crippen LogP contribution in [0.15, 0.2) is 0 Å². The van der Waals surface area contributed by atoms with Crippen LogP contribution >= 0.6 is 0 Å². The summed E-state index contributed by atoms with van der Waals surface area (Å²) >= 11 is 0. The Kier molecular flexibility index (Phi) is 7.68. The molecule has 1 nitrogen and oxygen atoms in total. The van der Waals surface area contributed by atoms with Crippen molar-refractivity contribution < 1.29 is 5.11 Å². The highest BCUT2D eigenvalue weighted by molar-refractivity contribution is 4.96. The van der Waals surface area contributed by atoms with Gasteiger partial charge in [0.2, 0.25) is 0 Å². The molecule has 0 aromatic heterocycles. The van der Waals surface area contributed by atoms with E-state index in [1.165, 1.54) is 70.6 Å². The van der Waals surface area contributed by atoms with E-state index in [-0.39, 0.29) is 6.10 Å². The largest absolute Gasteiger partial charge is 0.393 e. The summed E-state index contributed by atoms with van der Waals surface area (Å²) in [5, 5.41) is 10.3. The third-order valence-electron chi connectivity index (χ3n) is 9.90. The summed E-state index contributed by atoms with van der Waals surface area (Å²) in [5.41, 5.74) is 0. The van der Waals surface area contributed by atoms with Crippen LogP contribution in [0.4, 0.5) is 0 Å². The summed E-state index contributed by atoms with van der Waals surface area (Å²) in [6, 6.07) is 0. The standard InChI is InChI=1S/C28H50O/c1-4-7-8-22-16-24(17-25-18-28(29)26(25)6-3)27(14-20-11-12-20)23(13-19-9-10-19)15-21(22)5-2/h19-29H,4-18H2,1-3H3. The molecule has 0 heterocycles. The first-order chi connectivity index (χ1) is 14.1. The number of unbranched alkanes of at least 4 members (excludes halogenated alkanes) is 1. The molecule has 29 heavy (non-hydrogen) atoms. The van der Waals surface area contributed by atoms with E-state index in [0.29, 0.717) is 5.92 Å². The zero-order valence-electron chi connectivity index (χ0n) is 19.8. The third kappa shape index (κ3) is 5.61. The maximum absolute atomic E-state index is 10.3. The molecule has 0 aliphatic heterocycles. The summed E-state index contributed by atoms with van der Waals surface area (Å²) in [6.07, 6.45) is 21.8. The van der Waals surface area contributed by atoms with Crippen LogP contribution in [0.25, 0.3) is 0 Å². The zero-order valence-corrected chi connectivity index (χ0v) is 19.8. The summed E-state index contributed by atoms with van der Waals surface area (Å²) in [6.45, 7) is 7.17. The Labute approximate surface area is 181 Å². The molecular formula is C28H50O. The number of hydrogen-bond acceptors (Lipinski definition) is 1. The molecule has 0 aromatic carbocycles. The van der Waals surface area contributed by atoms with Crippen molar-refractivity contribution in [3.63, 3.8) is 0 Å². The lowest BCUT2D eigenvalue weighted by molar-refractivity contribution is -0.0515. The van der Waals surface area contributed by atoms with Crippen molar-refractivity contribution >= 4 is 0 Å². The fourth-order valence-corrected chi connectivity index (χ4v) is 7.71. The highest BCUT2D eigenvalue weighted by atomic mass is 16.3. The molecule has 4 aliphatic carbocycles. The normalized spacial score (nSPS) is 43.0. The highest BCUT2D eigenvalue weighted by Crippen LogP contribution is 2.54. The summed E-state index contributed by atoms with van der Waals surface area (Å²) in [5.74, 6) is 8.57. The minimum atomic E-state index is 0.0131. The Morgan fingerprint density at radius 2 is 1.24 bits per heavy atom. The molecule has 1 N–H and O–H groups in total. The molecule has 168 valence electrons. The van der Waals surface area contributed by atoms with Crippen molar-refractivity contribution in [3.05, 3.63) is 0 Å². The molecule has 4 rings (SSSR count). The fourth-order valence-electron chi connectivity index (χ4n) is 7.71. The predicted molar refractivity (Wildman–Crippen MR) is 124 cm³/mol. The molecule has 4 saturated carbocycles. The lowest BCUT2D eigenvalue weighted by Crippen LogP contribution is -2.42. The van der Waals surface area contributed by atoms with Crippen molar-refractivity contribution in [1.82, 2.24) is 0 Å². The van der Waals surface area contributed by atoms with Crippen LogP contribution in [0.1, 0.15) is 117 Å². The van der Waals surface area contributed by atoms with Gasteiger partial charge in [0.1, 0.15) is 0 Å². The van der Waals surface area contributed by atoms with Gasteiger partial charge in [0.25, 0.3) is 0 Å². The van der Waals surface area contributed by atoms with Crippen molar-refractivity contribution in [2.45, 2.75) is 123 Å². The summed E-state index contributed by atoms with van der Waals surface area (Å²) in [7, 11) is 0. The van der Waals surface area contributed by atoms with Gasteiger partial charge in [0.05, 0.1) is 6.10 Å². The number of hydrogen-bond donors (Lipinski definition) is 1. The molecule has 4 fully saturated rings. The van der Waals surface area contributed by atoms with Gasteiger partial charge < -0.3 is 5.11 Å². The maximum atomic E-state index is 10.3. The van der Waals surface area contributed by atoms with Crippen LogP contribution in [-0.4, -0.2) is 11.2 Å². The first-order valence-electron chi connectivity index (χ1n) is 13.8. The maximum Gasteiger partial charge on any atom is 0.0573 e. The van der Waals surface area contributed by atoms with Gasteiger partial charge in [-0.1, -0.05) is 78.6 Å². The molecule has 1 heteroatoms. The Hall–Kier alpha value is -0.0400. The average molecular weight is 403 g/mol. The second-order valence-corrected chi connectivity index (χ2v) is 12.0. The third-order valence-corrected chi connectivity index (χ3v) is 9.90. The predicted octanol–water partition coefficient (Wildman–Crippen LogP) is 7.86. The van der Waals surface area contributed by atoms with Gasteiger partial charge in [-0.15, -0.1) is 0 Å². The van der Waals surface area contributed by atoms with Gasteiger partial charge in [0.15, 0.2) is 0 Å². The van der Waals surface area contributed by atoms with Crippen LogP contribution in [0.2, 0.25) is 0 Å². The van der Waals surface area contributed by atoms with E-state index in [2.05, 4.69) is 20.8 Å². The van der Waals surface area contributed by atoms with Gasteiger partial charge in [-0.05, 0) is 91.8 Å². The van der Waals surface area contributed by atoms with E-state index in [4.69, 9.17) is 0 Å². The van der Waals surface area contributed by atoms with Gasteiger partial charge >= 0.3 is 0 Å². The van der Waals surface area contributed by atoms with E-state index in [9.17, 15) is 5.11 Å². The second kappa shape index (κ2) is 10.1. The topological polar surface area (TPSA) is 20.2 Å². The molecule has 0 saturated heterocycles. The van der Waals surface area contributed by atoms with Crippen molar-refractivity contribution in [2.75, 3.05) is 0 Å². The smallest absolute Gasteiger partial charge is 0.0573 e. The molecule has 0 bridgehead atoms. The van der Waals surface area contributed by atoms with Crippen LogP contribution < -0.4 is 0 Å². The average Bonchev–Trinajstić information content (AvgIpc) is 3.60. The monoisotopic (exact) mass is 402 g/mol. The lowest BCUT2D eigenvalue weighted by atomic mass is 9.62. The first kappa shape index (κ1) is 22.2. The van der Waals surface area contributed by atoms with Crippen LogP contribution in [0, 0.1) is 53.3 Å². The van der Waals surface area contributed by atoms with Crippen molar-refractivity contribution in [1.29, 1.82) is 0 Å². The molecule has 8 atom stereocenters. The zero-order chi connectivity index (χ0) is 20.4. The van der Waals surface area contributed by atoms with Gasteiger partial charge in [-0.25, -0.2) is 0 Å². The molecule has 0 spiro atoms. The SMILES string of the molecule is CCCCC1CC(CC2CC(O)C2CC)C(CC2CC2)C(CC2CC2)CC1CC. The molecule has 0 radical (unpaired) electrons. The van der Waals surface area contributed by atoms with Gasteiger partial charge in [0, 0.05) is 0 Å². The Balaban J connectivity index is 1.53. The summed E-state index contributed by atoms with van der Waals surface area (Å²) < 4.78 is 0. The Morgan fingerprint density at radius 3 is 1.83 bits per heavy atom. The van der Waals surface area contributed by atoms with Crippen LogP contribution in [0.5, 0.6) is 0 Å². The van der Waals surface area contributed by atoms with Crippen molar-refractivity contribution in [2.24, 2.45) is 53.3 Å². The Morgan fingerprint density at radius 1 is 0.621 bits per heavy atom. The van der Waals surface area contributed by atoms with E-state index in [1.807, 2.05) is 0 Å². The van der Waals surface area contributed by atoms with Gasteiger partial charge in [-0.3, -0.25) is 0 Å². The van der Waals surface area contributed by atoms with E-state index < -0.39 is 0 Å². The second-order valence-electron chi connectivity index (χ2n) is 12.0. The van der Waals surface area contributed by atoms with E-state index in [1.54, 1.807) is 19.3 Å². The molecule has 4 aliphatic rings. The highest BCUT2D eigenvalue weighted by Gasteiger charge is 2.46. The Bertz CT molecular complexity index is 493.